The van der Waals surface area contributed by atoms with E-state index in [1.165, 1.54) is 0 Å². The van der Waals surface area contributed by atoms with Gasteiger partial charge in [0.1, 0.15) is 24.4 Å². The second-order valence-corrected chi connectivity index (χ2v) is 9.67. The Bertz CT molecular complexity index is 632. The van der Waals surface area contributed by atoms with E-state index in [0.717, 1.165) is 70.2 Å². The van der Waals surface area contributed by atoms with E-state index < -0.39 is 5.54 Å². The second kappa shape index (κ2) is 27.4. The van der Waals surface area contributed by atoms with Crippen LogP contribution in [-0.2, 0) is 38.2 Å². The van der Waals surface area contributed by atoms with Gasteiger partial charge in [0.05, 0.1) is 39.6 Å². The Morgan fingerprint density at radius 2 is 1.13 bits per heavy atom. The van der Waals surface area contributed by atoms with Crippen molar-refractivity contribution in [3.05, 3.63) is 0 Å². The fourth-order valence-corrected chi connectivity index (χ4v) is 3.81. The molecular weight excluding hydrogens is 506 g/mol. The maximum Gasteiger partial charge on any atom is 0.222 e. The van der Waals surface area contributed by atoms with Crippen LogP contribution >= 0.6 is 0 Å². The van der Waals surface area contributed by atoms with Gasteiger partial charge in [0.2, 0.25) is 11.8 Å². The van der Waals surface area contributed by atoms with Gasteiger partial charge < -0.3 is 45.0 Å². The first-order chi connectivity index (χ1) is 19.0. The van der Waals surface area contributed by atoms with Gasteiger partial charge in [-0.1, -0.05) is 38.5 Å². The molecule has 0 spiro atoms. The summed E-state index contributed by atoms with van der Waals surface area (Å²) in [5, 5.41) is 5.78. The molecule has 0 atom stereocenters. The topological polar surface area (TPSA) is 163 Å². The highest BCUT2D eigenvalue weighted by Crippen LogP contribution is 2.13. The van der Waals surface area contributed by atoms with Crippen molar-refractivity contribution >= 4 is 30.7 Å². The van der Waals surface area contributed by atoms with E-state index in [9.17, 15) is 24.0 Å². The van der Waals surface area contributed by atoms with Crippen LogP contribution in [0.3, 0.4) is 0 Å². The molecule has 0 aliphatic carbocycles. The molecule has 2 amide bonds. The van der Waals surface area contributed by atoms with Gasteiger partial charge in [-0.05, 0) is 25.8 Å². The molecule has 39 heavy (non-hydrogen) atoms. The maximum absolute atomic E-state index is 12.9. The molecule has 4 N–H and O–H groups in total. The third kappa shape index (κ3) is 23.4. The number of aldehydes is 3. The van der Waals surface area contributed by atoms with Gasteiger partial charge in [0.25, 0.3) is 0 Å². The van der Waals surface area contributed by atoms with Crippen molar-refractivity contribution in [2.24, 2.45) is 5.73 Å². The number of nitrogens with two attached hydrogens (primary N) is 1. The lowest BCUT2D eigenvalue weighted by Crippen LogP contribution is -2.58. The smallest absolute Gasteiger partial charge is 0.222 e. The predicted molar refractivity (Wildman–Crippen MR) is 148 cm³/mol. The molecule has 0 radical (unpaired) electrons. The Morgan fingerprint density at radius 1 is 0.615 bits per heavy atom. The summed E-state index contributed by atoms with van der Waals surface area (Å²) in [4.78, 5) is 56.6. The van der Waals surface area contributed by atoms with E-state index >= 15 is 0 Å². The monoisotopic (exact) mass is 557 g/mol. The van der Waals surface area contributed by atoms with Gasteiger partial charge in [0.15, 0.2) is 0 Å². The van der Waals surface area contributed by atoms with Crippen molar-refractivity contribution in [2.75, 3.05) is 52.7 Å². The first kappa shape index (κ1) is 36.8. The summed E-state index contributed by atoms with van der Waals surface area (Å²) in [6, 6.07) is 0. The molecule has 11 heteroatoms. The zero-order valence-corrected chi connectivity index (χ0v) is 23.6. The average Bonchev–Trinajstić information content (AvgIpc) is 2.93. The number of nitrogens with one attached hydrogen (secondary N) is 2. The van der Waals surface area contributed by atoms with E-state index in [4.69, 9.17) is 19.9 Å². The number of unbranched alkanes of at least 4 members (excludes halogenated alkanes) is 8. The fraction of sp³-hybridized carbons (Fsp3) is 0.821. The second-order valence-electron chi connectivity index (χ2n) is 9.67. The van der Waals surface area contributed by atoms with E-state index in [2.05, 4.69) is 10.6 Å². The lowest BCUT2D eigenvalue weighted by molar-refractivity contribution is -0.129. The van der Waals surface area contributed by atoms with Crippen molar-refractivity contribution in [3.63, 3.8) is 0 Å². The van der Waals surface area contributed by atoms with Crippen molar-refractivity contribution in [1.82, 2.24) is 10.6 Å². The van der Waals surface area contributed by atoms with Crippen LogP contribution < -0.4 is 16.4 Å². The predicted octanol–water partition coefficient (Wildman–Crippen LogP) is 2.02. The lowest BCUT2D eigenvalue weighted by Gasteiger charge is -2.34. The van der Waals surface area contributed by atoms with Crippen LogP contribution in [0.5, 0.6) is 0 Å². The summed E-state index contributed by atoms with van der Waals surface area (Å²) in [6.45, 7) is 1.68. The summed E-state index contributed by atoms with van der Waals surface area (Å²) in [5.41, 5.74) is 4.41. The highest BCUT2D eigenvalue weighted by atomic mass is 16.5. The number of carbonyl (C=O) groups is 5. The summed E-state index contributed by atoms with van der Waals surface area (Å²) in [6.07, 6.45) is 12.9. The highest BCUT2D eigenvalue weighted by molar-refractivity contribution is 5.77. The maximum atomic E-state index is 12.9. The molecule has 0 aromatic heterocycles. The largest absolute Gasteiger partial charge is 0.378 e. The van der Waals surface area contributed by atoms with E-state index in [1.807, 2.05) is 0 Å². The molecule has 0 aromatic carbocycles. The van der Waals surface area contributed by atoms with Crippen LogP contribution in [0, 0.1) is 0 Å². The van der Waals surface area contributed by atoms with Gasteiger partial charge in [0, 0.05) is 38.6 Å². The Morgan fingerprint density at radius 3 is 1.67 bits per heavy atom. The third-order valence-electron chi connectivity index (χ3n) is 5.95. The van der Waals surface area contributed by atoms with Gasteiger partial charge >= 0.3 is 0 Å². The molecule has 0 aliphatic heterocycles. The molecule has 11 nitrogen and oxygen atoms in total. The van der Waals surface area contributed by atoms with Crippen LogP contribution in [0.1, 0.15) is 89.9 Å². The Hall–Kier alpha value is -2.21. The molecule has 0 bridgehead atoms. The molecule has 0 heterocycles. The molecule has 0 aromatic rings. The van der Waals surface area contributed by atoms with Gasteiger partial charge in [-0.15, -0.1) is 0 Å². The van der Waals surface area contributed by atoms with Crippen molar-refractivity contribution < 1.29 is 38.2 Å². The fourth-order valence-electron chi connectivity index (χ4n) is 3.81. The molecular formula is C28H51N3O8. The SMILES string of the molecule is NCCCNC(=O)CCOCC(COCCC=O)(COCCC=O)NC(=O)CCCCCCCCCCC=O. The number of hydrogen-bond donors (Lipinski definition) is 3. The number of rotatable bonds is 30. The third-order valence-corrected chi connectivity index (χ3v) is 5.95. The van der Waals surface area contributed by atoms with Crippen LogP contribution in [0.15, 0.2) is 0 Å². The summed E-state index contributed by atoms with van der Waals surface area (Å²) in [5.74, 6) is -0.312. The number of hydrogen-bond acceptors (Lipinski definition) is 9. The number of amides is 2. The van der Waals surface area contributed by atoms with E-state index in [1.54, 1.807) is 0 Å². The minimum absolute atomic E-state index is 0.0428. The molecule has 0 fully saturated rings. The Labute approximate surface area is 233 Å². The summed E-state index contributed by atoms with van der Waals surface area (Å²) >= 11 is 0. The average molecular weight is 558 g/mol. The molecule has 0 unspecified atom stereocenters. The first-order valence-corrected chi connectivity index (χ1v) is 14.4. The lowest BCUT2D eigenvalue weighted by atomic mass is 10.0. The van der Waals surface area contributed by atoms with Crippen LogP contribution in [-0.4, -0.2) is 88.9 Å². The minimum atomic E-state index is -1.03. The zero-order valence-electron chi connectivity index (χ0n) is 23.6. The minimum Gasteiger partial charge on any atom is -0.378 e. The van der Waals surface area contributed by atoms with Gasteiger partial charge in [-0.2, -0.15) is 0 Å². The summed E-state index contributed by atoms with van der Waals surface area (Å²) in [7, 11) is 0. The molecule has 0 saturated heterocycles. The Kier molecular flexibility index (Phi) is 25.8. The number of carbonyl (C=O) groups excluding carboxylic acids is 5. The zero-order chi connectivity index (χ0) is 28.9. The van der Waals surface area contributed by atoms with Crippen molar-refractivity contribution in [1.29, 1.82) is 0 Å². The highest BCUT2D eigenvalue weighted by Gasteiger charge is 2.33. The molecule has 226 valence electrons. The van der Waals surface area contributed by atoms with Crippen molar-refractivity contribution in [3.8, 4) is 0 Å². The molecule has 0 aliphatic rings. The van der Waals surface area contributed by atoms with Crippen LogP contribution in [0.25, 0.3) is 0 Å². The molecule has 0 rings (SSSR count). The standard InChI is InChI=1S/C28H51N3O8/c29-15-10-16-30-26(35)14-22-39-25-28(23-37-20-11-18-33,24-38-21-12-19-34)31-27(36)13-8-6-4-2-1-3-5-7-9-17-32/h17-19H,1-16,20-25,29H2,(H,30,35)(H,31,36). The first-order valence-electron chi connectivity index (χ1n) is 14.4. The van der Waals surface area contributed by atoms with Crippen LogP contribution in [0.2, 0.25) is 0 Å². The van der Waals surface area contributed by atoms with Crippen LogP contribution in [0.4, 0.5) is 0 Å². The number of ether oxygens (including phenoxy) is 3. The van der Waals surface area contributed by atoms with Gasteiger partial charge in [-0.25, -0.2) is 0 Å². The summed E-state index contributed by atoms with van der Waals surface area (Å²) < 4.78 is 17.1. The van der Waals surface area contributed by atoms with Crippen molar-refractivity contribution in [2.45, 2.75) is 95.4 Å². The quantitative estimate of drug-likeness (QED) is 0.0885. The van der Waals surface area contributed by atoms with E-state index in [0.29, 0.717) is 32.4 Å². The molecule has 0 saturated carbocycles. The van der Waals surface area contributed by atoms with E-state index in [-0.39, 0.29) is 70.7 Å². The van der Waals surface area contributed by atoms with Gasteiger partial charge in [-0.3, -0.25) is 9.59 Å². The normalized spacial score (nSPS) is 11.2. The Balaban J connectivity index is 4.80.